The molecule has 1 heterocycles. The Balaban J connectivity index is 2.16. The molecule has 2 rings (SSSR count). The van der Waals surface area contributed by atoms with Gasteiger partial charge in [-0.05, 0) is 42.5 Å². The molecule has 2 aromatic rings. The van der Waals surface area contributed by atoms with E-state index in [0.29, 0.717) is 12.0 Å². The molecule has 0 aliphatic carbocycles. The average Bonchev–Trinajstić information content (AvgIpc) is 2.53. The van der Waals surface area contributed by atoms with Crippen LogP contribution in [0.15, 0.2) is 48.8 Å². The second-order valence-corrected chi connectivity index (χ2v) is 5.84. The second kappa shape index (κ2) is 8.16. The molecule has 0 aliphatic heterocycles. The highest BCUT2D eigenvalue weighted by Gasteiger charge is 2.19. The highest BCUT2D eigenvalue weighted by Crippen LogP contribution is 2.24. The van der Waals surface area contributed by atoms with Crippen LogP contribution in [0, 0.1) is 0 Å². The molecule has 0 saturated heterocycles. The van der Waals surface area contributed by atoms with Gasteiger partial charge in [-0.2, -0.15) is 0 Å². The minimum Gasteiger partial charge on any atom is -0.313 e. The third-order valence-electron chi connectivity index (χ3n) is 3.88. The molecule has 0 spiro atoms. The summed E-state index contributed by atoms with van der Waals surface area (Å²) >= 11 is 6.26. The van der Waals surface area contributed by atoms with Crippen LogP contribution in [0.1, 0.15) is 37.3 Å². The fourth-order valence-corrected chi connectivity index (χ4v) is 2.75. The SMILES string of the molecule is CCCNC(Cc1ccncc1Cl)C(C)c1ccccc1. The van der Waals surface area contributed by atoms with Gasteiger partial charge in [0.1, 0.15) is 0 Å². The van der Waals surface area contributed by atoms with Gasteiger partial charge < -0.3 is 5.32 Å². The van der Waals surface area contributed by atoms with Gasteiger partial charge in [-0.1, -0.05) is 55.8 Å². The number of benzene rings is 1. The van der Waals surface area contributed by atoms with Crippen molar-refractivity contribution in [2.45, 2.75) is 38.6 Å². The van der Waals surface area contributed by atoms with Crippen LogP contribution < -0.4 is 5.32 Å². The van der Waals surface area contributed by atoms with E-state index >= 15 is 0 Å². The zero-order valence-electron chi connectivity index (χ0n) is 12.7. The Labute approximate surface area is 132 Å². The number of aromatic nitrogens is 1. The molecule has 2 atom stereocenters. The lowest BCUT2D eigenvalue weighted by Crippen LogP contribution is -2.36. The zero-order valence-corrected chi connectivity index (χ0v) is 13.5. The molecule has 21 heavy (non-hydrogen) atoms. The van der Waals surface area contributed by atoms with Crippen molar-refractivity contribution in [1.82, 2.24) is 10.3 Å². The Bertz CT molecular complexity index is 542. The van der Waals surface area contributed by atoms with Crippen molar-refractivity contribution in [2.24, 2.45) is 0 Å². The maximum absolute atomic E-state index is 6.26. The molecule has 3 heteroatoms. The number of halogens is 1. The Morgan fingerprint density at radius 3 is 2.62 bits per heavy atom. The molecule has 1 aromatic carbocycles. The number of nitrogens with zero attached hydrogens (tertiary/aromatic N) is 1. The van der Waals surface area contributed by atoms with Crippen LogP contribution in [-0.2, 0) is 6.42 Å². The molecule has 2 nitrogen and oxygen atoms in total. The normalized spacial score (nSPS) is 13.9. The van der Waals surface area contributed by atoms with Crippen molar-refractivity contribution < 1.29 is 0 Å². The van der Waals surface area contributed by atoms with Crippen molar-refractivity contribution in [3.05, 3.63) is 64.9 Å². The lowest BCUT2D eigenvalue weighted by Gasteiger charge is -2.26. The Kier molecular flexibility index (Phi) is 6.21. The first-order valence-corrected chi connectivity index (χ1v) is 7.97. The van der Waals surface area contributed by atoms with Gasteiger partial charge in [0.05, 0.1) is 5.02 Å². The van der Waals surface area contributed by atoms with Crippen LogP contribution >= 0.6 is 11.6 Å². The highest BCUT2D eigenvalue weighted by atomic mass is 35.5. The first-order chi connectivity index (χ1) is 10.2. The molecule has 0 fully saturated rings. The van der Waals surface area contributed by atoms with Crippen LogP contribution in [0.3, 0.4) is 0 Å². The standard InChI is InChI=1S/C18H23ClN2/c1-3-10-21-18(12-16-9-11-20-13-17(16)19)14(2)15-7-5-4-6-8-15/h4-9,11,13-14,18,21H,3,10,12H2,1-2H3. The molecular weight excluding hydrogens is 280 g/mol. The van der Waals surface area contributed by atoms with E-state index < -0.39 is 0 Å². The number of pyridine rings is 1. The van der Waals surface area contributed by atoms with Gasteiger partial charge in [0.15, 0.2) is 0 Å². The van der Waals surface area contributed by atoms with Gasteiger partial charge in [-0.3, -0.25) is 4.98 Å². The van der Waals surface area contributed by atoms with E-state index in [1.807, 2.05) is 12.3 Å². The summed E-state index contributed by atoms with van der Waals surface area (Å²) in [5, 5.41) is 4.42. The van der Waals surface area contributed by atoms with Crippen molar-refractivity contribution in [3.8, 4) is 0 Å². The predicted octanol–water partition coefficient (Wildman–Crippen LogP) is 4.45. The largest absolute Gasteiger partial charge is 0.313 e. The van der Waals surface area contributed by atoms with E-state index in [0.717, 1.165) is 30.0 Å². The molecular formula is C18H23ClN2. The Morgan fingerprint density at radius 1 is 1.19 bits per heavy atom. The molecule has 1 N–H and O–H groups in total. The van der Waals surface area contributed by atoms with Crippen molar-refractivity contribution in [1.29, 1.82) is 0 Å². The summed E-state index contributed by atoms with van der Waals surface area (Å²) in [5.41, 5.74) is 2.51. The second-order valence-electron chi connectivity index (χ2n) is 5.43. The summed E-state index contributed by atoms with van der Waals surface area (Å²) < 4.78 is 0. The summed E-state index contributed by atoms with van der Waals surface area (Å²) in [6.07, 6.45) is 5.58. The van der Waals surface area contributed by atoms with E-state index in [-0.39, 0.29) is 0 Å². The molecule has 0 bridgehead atoms. The summed E-state index contributed by atoms with van der Waals surface area (Å²) in [6.45, 7) is 5.49. The van der Waals surface area contributed by atoms with Crippen LogP contribution in [0.4, 0.5) is 0 Å². The minimum absolute atomic E-state index is 0.368. The number of rotatable bonds is 7. The Morgan fingerprint density at radius 2 is 1.95 bits per heavy atom. The lowest BCUT2D eigenvalue weighted by atomic mass is 9.89. The molecule has 112 valence electrons. The van der Waals surface area contributed by atoms with E-state index in [1.165, 1.54) is 5.56 Å². The van der Waals surface area contributed by atoms with Crippen LogP contribution in [0.25, 0.3) is 0 Å². The average molecular weight is 303 g/mol. The van der Waals surface area contributed by atoms with E-state index in [2.05, 4.69) is 54.5 Å². The molecule has 0 radical (unpaired) electrons. The van der Waals surface area contributed by atoms with E-state index in [4.69, 9.17) is 11.6 Å². The van der Waals surface area contributed by atoms with Crippen molar-refractivity contribution in [2.75, 3.05) is 6.54 Å². The number of hydrogen-bond acceptors (Lipinski definition) is 2. The van der Waals surface area contributed by atoms with Gasteiger partial charge in [-0.25, -0.2) is 0 Å². The molecule has 0 amide bonds. The predicted molar refractivity (Wildman–Crippen MR) is 89.9 cm³/mol. The van der Waals surface area contributed by atoms with E-state index in [1.54, 1.807) is 6.20 Å². The summed E-state index contributed by atoms with van der Waals surface area (Å²) in [7, 11) is 0. The summed E-state index contributed by atoms with van der Waals surface area (Å²) in [5.74, 6) is 0.432. The zero-order chi connectivity index (χ0) is 15.1. The van der Waals surface area contributed by atoms with Crippen LogP contribution in [-0.4, -0.2) is 17.6 Å². The van der Waals surface area contributed by atoms with Crippen LogP contribution in [0.5, 0.6) is 0 Å². The van der Waals surface area contributed by atoms with Gasteiger partial charge in [0, 0.05) is 18.4 Å². The summed E-state index contributed by atoms with van der Waals surface area (Å²) in [4.78, 5) is 4.07. The minimum atomic E-state index is 0.368. The molecule has 2 unspecified atom stereocenters. The van der Waals surface area contributed by atoms with Crippen LogP contribution in [0.2, 0.25) is 5.02 Å². The van der Waals surface area contributed by atoms with Gasteiger partial charge in [0.2, 0.25) is 0 Å². The molecule has 0 aliphatic rings. The number of hydrogen-bond donors (Lipinski definition) is 1. The van der Waals surface area contributed by atoms with Gasteiger partial charge >= 0.3 is 0 Å². The fraction of sp³-hybridized carbons (Fsp3) is 0.389. The maximum atomic E-state index is 6.26. The quantitative estimate of drug-likeness (QED) is 0.817. The Hall–Kier alpha value is -1.38. The molecule has 0 saturated carbocycles. The third-order valence-corrected chi connectivity index (χ3v) is 4.22. The smallest absolute Gasteiger partial charge is 0.0621 e. The van der Waals surface area contributed by atoms with E-state index in [9.17, 15) is 0 Å². The first-order valence-electron chi connectivity index (χ1n) is 7.59. The van der Waals surface area contributed by atoms with Crippen molar-refractivity contribution in [3.63, 3.8) is 0 Å². The summed E-state index contributed by atoms with van der Waals surface area (Å²) in [6, 6.07) is 13.0. The number of nitrogens with one attached hydrogen (secondary N) is 1. The fourth-order valence-electron chi connectivity index (χ4n) is 2.55. The monoisotopic (exact) mass is 302 g/mol. The lowest BCUT2D eigenvalue weighted by molar-refractivity contribution is 0.447. The first kappa shape index (κ1) is 16.0. The highest BCUT2D eigenvalue weighted by molar-refractivity contribution is 6.31. The maximum Gasteiger partial charge on any atom is 0.0621 e. The molecule has 1 aromatic heterocycles. The van der Waals surface area contributed by atoms with Gasteiger partial charge in [-0.15, -0.1) is 0 Å². The topological polar surface area (TPSA) is 24.9 Å². The van der Waals surface area contributed by atoms with Crippen molar-refractivity contribution >= 4 is 11.6 Å². The third kappa shape index (κ3) is 4.55. The van der Waals surface area contributed by atoms with Gasteiger partial charge in [0.25, 0.3) is 0 Å².